The maximum atomic E-state index is 12.2. The van der Waals surface area contributed by atoms with Gasteiger partial charge in [-0.2, -0.15) is 0 Å². The Morgan fingerprint density at radius 3 is 2.00 bits per heavy atom. The first-order chi connectivity index (χ1) is 15.3. The van der Waals surface area contributed by atoms with E-state index >= 15 is 0 Å². The molecule has 0 bridgehead atoms. The Hall–Kier alpha value is -3.17. The second kappa shape index (κ2) is 12.5. The molecule has 0 heterocycles. The van der Waals surface area contributed by atoms with Crippen LogP contribution in [0.1, 0.15) is 41.6 Å². The van der Waals surface area contributed by atoms with E-state index in [1.807, 2.05) is 60.7 Å². The minimum absolute atomic E-state index is 0.00948. The van der Waals surface area contributed by atoms with Crippen molar-refractivity contribution in [3.63, 3.8) is 0 Å². The highest BCUT2D eigenvalue weighted by atomic mass is 16.5. The Balaban J connectivity index is 1.48. The number of allylic oxidation sites excluding steroid dienone is 1. The van der Waals surface area contributed by atoms with Crippen molar-refractivity contribution in [3.8, 4) is 16.9 Å². The zero-order valence-corrected chi connectivity index (χ0v) is 18.1. The van der Waals surface area contributed by atoms with Crippen molar-refractivity contribution in [1.29, 1.82) is 0 Å². The van der Waals surface area contributed by atoms with E-state index in [1.165, 1.54) is 12.8 Å². The molecule has 160 valence electrons. The second-order valence-electron chi connectivity index (χ2n) is 7.47. The summed E-state index contributed by atoms with van der Waals surface area (Å²) in [4.78, 5) is 12.2. The van der Waals surface area contributed by atoms with Gasteiger partial charge in [0.1, 0.15) is 5.75 Å². The van der Waals surface area contributed by atoms with Gasteiger partial charge in [-0.3, -0.25) is 4.79 Å². The van der Waals surface area contributed by atoms with Gasteiger partial charge in [-0.25, -0.2) is 0 Å². The van der Waals surface area contributed by atoms with Crippen molar-refractivity contribution < 1.29 is 14.3 Å². The number of ketones is 1. The summed E-state index contributed by atoms with van der Waals surface area (Å²) in [6.07, 6.45) is 8.00. The number of benzene rings is 3. The van der Waals surface area contributed by atoms with Gasteiger partial charge in [-0.1, -0.05) is 79.2 Å². The predicted molar refractivity (Wildman–Crippen MR) is 128 cm³/mol. The SMILES string of the molecule is COCCCCCCOc1ccc(-c2ccc(C=CC(=O)c3ccccc3)cc2)cc1. The molecule has 0 amide bonds. The third-order valence-corrected chi connectivity index (χ3v) is 5.10. The lowest BCUT2D eigenvalue weighted by atomic mass is 10.0. The van der Waals surface area contributed by atoms with Crippen molar-refractivity contribution >= 4 is 11.9 Å². The summed E-state index contributed by atoms with van der Waals surface area (Å²) in [6, 6.07) is 25.7. The number of rotatable bonds is 12. The van der Waals surface area contributed by atoms with Crippen LogP contribution in [-0.2, 0) is 4.74 Å². The van der Waals surface area contributed by atoms with E-state index < -0.39 is 0 Å². The topological polar surface area (TPSA) is 35.5 Å². The first-order valence-corrected chi connectivity index (χ1v) is 10.9. The molecular formula is C28H30O3. The number of carbonyl (C=O) groups is 1. The number of carbonyl (C=O) groups excluding carboxylic acids is 1. The minimum atomic E-state index is 0.00948. The molecule has 3 rings (SSSR count). The van der Waals surface area contributed by atoms with Gasteiger partial charge in [0, 0.05) is 19.3 Å². The van der Waals surface area contributed by atoms with Crippen molar-refractivity contribution in [2.45, 2.75) is 25.7 Å². The van der Waals surface area contributed by atoms with E-state index in [2.05, 4.69) is 24.3 Å². The molecule has 0 aliphatic heterocycles. The molecule has 31 heavy (non-hydrogen) atoms. The van der Waals surface area contributed by atoms with Crippen LogP contribution in [0.4, 0.5) is 0 Å². The number of hydrogen-bond donors (Lipinski definition) is 0. The van der Waals surface area contributed by atoms with E-state index in [-0.39, 0.29) is 5.78 Å². The van der Waals surface area contributed by atoms with Crippen LogP contribution in [0.3, 0.4) is 0 Å². The van der Waals surface area contributed by atoms with E-state index in [0.717, 1.165) is 48.5 Å². The molecule has 3 aromatic rings. The summed E-state index contributed by atoms with van der Waals surface area (Å²) in [6.45, 7) is 1.58. The summed E-state index contributed by atoms with van der Waals surface area (Å²) in [5.41, 5.74) is 3.97. The fraction of sp³-hybridized carbons (Fsp3) is 0.250. The number of unbranched alkanes of at least 4 members (excludes halogenated alkanes) is 3. The van der Waals surface area contributed by atoms with Gasteiger partial charge in [-0.15, -0.1) is 0 Å². The lowest BCUT2D eigenvalue weighted by molar-refractivity contribution is 0.104. The van der Waals surface area contributed by atoms with E-state index in [0.29, 0.717) is 5.56 Å². The molecule has 0 unspecified atom stereocenters. The molecular weight excluding hydrogens is 384 g/mol. The maximum absolute atomic E-state index is 12.2. The Morgan fingerprint density at radius 1 is 0.742 bits per heavy atom. The number of ether oxygens (including phenoxy) is 2. The van der Waals surface area contributed by atoms with Crippen LogP contribution >= 0.6 is 0 Å². The van der Waals surface area contributed by atoms with Crippen LogP contribution in [0.2, 0.25) is 0 Å². The lowest BCUT2D eigenvalue weighted by Crippen LogP contribution is -1.97. The lowest BCUT2D eigenvalue weighted by Gasteiger charge is -2.08. The molecule has 0 saturated carbocycles. The van der Waals surface area contributed by atoms with Crippen LogP contribution < -0.4 is 4.74 Å². The van der Waals surface area contributed by atoms with Crippen LogP contribution in [0.25, 0.3) is 17.2 Å². The molecule has 0 N–H and O–H groups in total. The average Bonchev–Trinajstić information content (AvgIpc) is 2.83. The highest BCUT2D eigenvalue weighted by Crippen LogP contribution is 2.23. The molecule has 0 spiro atoms. The monoisotopic (exact) mass is 414 g/mol. The molecule has 3 nitrogen and oxygen atoms in total. The zero-order valence-electron chi connectivity index (χ0n) is 18.1. The van der Waals surface area contributed by atoms with Gasteiger partial charge in [0.25, 0.3) is 0 Å². The van der Waals surface area contributed by atoms with E-state index in [4.69, 9.17) is 9.47 Å². The predicted octanol–water partition coefficient (Wildman–Crippen LogP) is 6.84. The van der Waals surface area contributed by atoms with Crippen LogP contribution in [0.15, 0.2) is 84.9 Å². The fourth-order valence-electron chi connectivity index (χ4n) is 3.29. The van der Waals surface area contributed by atoms with Crippen molar-refractivity contribution in [1.82, 2.24) is 0 Å². The van der Waals surface area contributed by atoms with E-state index in [1.54, 1.807) is 13.2 Å². The Labute approximate surface area is 185 Å². The fourth-order valence-corrected chi connectivity index (χ4v) is 3.29. The standard InChI is InChI=1S/C28H30O3/c1-30-21-7-2-3-8-22-31-27-18-16-25(17-19-27)24-14-11-23(12-15-24)13-20-28(29)26-9-5-4-6-10-26/h4-6,9-20H,2-3,7-8,21-22H2,1H3. The quantitative estimate of drug-likeness (QED) is 0.185. The minimum Gasteiger partial charge on any atom is -0.494 e. The number of hydrogen-bond acceptors (Lipinski definition) is 3. The Morgan fingerprint density at radius 2 is 1.35 bits per heavy atom. The molecule has 3 aromatic carbocycles. The second-order valence-corrected chi connectivity index (χ2v) is 7.47. The van der Waals surface area contributed by atoms with Crippen LogP contribution in [0.5, 0.6) is 5.75 Å². The van der Waals surface area contributed by atoms with Gasteiger partial charge in [0.2, 0.25) is 0 Å². The summed E-state index contributed by atoms with van der Waals surface area (Å²) >= 11 is 0. The summed E-state index contributed by atoms with van der Waals surface area (Å²) in [7, 11) is 1.74. The molecule has 3 heteroatoms. The van der Waals surface area contributed by atoms with Crippen molar-refractivity contribution in [2.75, 3.05) is 20.3 Å². The molecule has 0 saturated heterocycles. The molecule has 0 aliphatic rings. The third kappa shape index (κ3) is 7.54. The molecule has 0 atom stereocenters. The average molecular weight is 415 g/mol. The van der Waals surface area contributed by atoms with Gasteiger partial charge in [-0.05, 0) is 54.2 Å². The number of methoxy groups -OCH3 is 1. The normalized spacial score (nSPS) is 11.0. The Bertz CT molecular complexity index is 942. The van der Waals surface area contributed by atoms with Crippen LogP contribution in [0, 0.1) is 0 Å². The van der Waals surface area contributed by atoms with Gasteiger partial charge in [0.05, 0.1) is 6.61 Å². The molecule has 0 fully saturated rings. The largest absolute Gasteiger partial charge is 0.494 e. The van der Waals surface area contributed by atoms with Gasteiger partial charge >= 0.3 is 0 Å². The molecule has 0 radical (unpaired) electrons. The summed E-state index contributed by atoms with van der Waals surface area (Å²) in [5, 5.41) is 0. The molecule has 0 aromatic heterocycles. The van der Waals surface area contributed by atoms with Gasteiger partial charge < -0.3 is 9.47 Å². The zero-order chi connectivity index (χ0) is 21.7. The summed E-state index contributed by atoms with van der Waals surface area (Å²) in [5.74, 6) is 0.912. The summed E-state index contributed by atoms with van der Waals surface area (Å²) < 4.78 is 10.9. The third-order valence-electron chi connectivity index (χ3n) is 5.10. The first-order valence-electron chi connectivity index (χ1n) is 10.9. The van der Waals surface area contributed by atoms with Gasteiger partial charge in [0.15, 0.2) is 5.78 Å². The molecule has 0 aliphatic carbocycles. The van der Waals surface area contributed by atoms with Crippen molar-refractivity contribution in [3.05, 3.63) is 96.1 Å². The highest BCUT2D eigenvalue weighted by molar-refractivity contribution is 6.06. The van der Waals surface area contributed by atoms with Crippen LogP contribution in [-0.4, -0.2) is 26.1 Å². The van der Waals surface area contributed by atoms with E-state index in [9.17, 15) is 4.79 Å². The van der Waals surface area contributed by atoms with Crippen molar-refractivity contribution in [2.24, 2.45) is 0 Å². The Kier molecular flexibility index (Phi) is 9.08. The smallest absolute Gasteiger partial charge is 0.185 e. The maximum Gasteiger partial charge on any atom is 0.185 e. The highest BCUT2D eigenvalue weighted by Gasteiger charge is 2.01. The first kappa shape index (κ1) is 22.5.